The summed E-state index contributed by atoms with van der Waals surface area (Å²) in [5.74, 6) is -0.0107. The zero-order chi connectivity index (χ0) is 15.1. The molecule has 1 N–H and O–H groups in total. The van der Waals surface area contributed by atoms with Crippen LogP contribution >= 0.6 is 15.9 Å². The van der Waals surface area contributed by atoms with Crippen molar-refractivity contribution < 1.29 is 9.90 Å². The molecular weight excluding hydrogens is 330 g/mol. The summed E-state index contributed by atoms with van der Waals surface area (Å²) in [6.45, 7) is 4.37. The average molecular weight is 348 g/mol. The van der Waals surface area contributed by atoms with Crippen LogP contribution in [-0.2, 0) is 6.42 Å². The number of carboxylic acids is 1. The van der Waals surface area contributed by atoms with Crippen molar-refractivity contribution in [1.29, 1.82) is 0 Å². The van der Waals surface area contributed by atoms with E-state index in [1.165, 1.54) is 0 Å². The van der Waals surface area contributed by atoms with E-state index in [2.05, 4.69) is 29.8 Å². The van der Waals surface area contributed by atoms with Crippen molar-refractivity contribution >= 4 is 32.8 Å². The van der Waals surface area contributed by atoms with Crippen molar-refractivity contribution in [3.8, 4) is 0 Å². The summed E-state index contributed by atoms with van der Waals surface area (Å²) in [7, 11) is 0. The van der Waals surface area contributed by atoms with Crippen LogP contribution in [0.5, 0.6) is 0 Å². The van der Waals surface area contributed by atoms with Gasteiger partial charge in [-0.3, -0.25) is 4.98 Å². The molecule has 0 spiro atoms. The summed E-state index contributed by atoms with van der Waals surface area (Å²) in [5, 5.41) is 10.4. The fourth-order valence-corrected chi connectivity index (χ4v) is 3.73. The second-order valence-corrected chi connectivity index (χ2v) is 6.98. The summed E-state index contributed by atoms with van der Waals surface area (Å²) < 4.78 is 0.927. The van der Waals surface area contributed by atoms with Gasteiger partial charge in [-0.15, -0.1) is 0 Å². The zero-order valence-corrected chi connectivity index (χ0v) is 13.8. The maximum atomic E-state index is 11.8. The van der Waals surface area contributed by atoms with Crippen molar-refractivity contribution in [2.24, 2.45) is 5.92 Å². The quantitative estimate of drug-likeness (QED) is 0.850. The number of rotatable bonds is 2. The first kappa shape index (κ1) is 14.5. The van der Waals surface area contributed by atoms with Crippen LogP contribution in [-0.4, -0.2) is 16.1 Å². The minimum atomic E-state index is -0.842. The van der Waals surface area contributed by atoms with E-state index in [0.29, 0.717) is 17.4 Å². The number of nitrogens with zero attached hydrogens (tertiary/aromatic N) is 1. The van der Waals surface area contributed by atoms with Crippen LogP contribution in [0.1, 0.15) is 54.2 Å². The highest BCUT2D eigenvalue weighted by atomic mass is 79.9. The molecule has 2 aromatic rings. The lowest BCUT2D eigenvalue weighted by molar-refractivity contribution is 0.0697. The molecule has 4 heteroatoms. The van der Waals surface area contributed by atoms with Crippen molar-refractivity contribution in [3.05, 3.63) is 39.5 Å². The van der Waals surface area contributed by atoms with Crippen molar-refractivity contribution in [3.63, 3.8) is 0 Å². The molecule has 0 bridgehead atoms. The van der Waals surface area contributed by atoms with Gasteiger partial charge in [0, 0.05) is 21.5 Å². The Morgan fingerprint density at radius 1 is 1.43 bits per heavy atom. The standard InChI is InChI=1S/C17H18BrNO2/c1-9(2)11-4-3-5-13-15(17(20)21)12-7-6-10(18)8-14(12)19-16(11)13/h6-9,11H,3-5H2,1-2H3,(H,20,21). The number of aromatic carboxylic acids is 1. The first-order valence-corrected chi connectivity index (χ1v) is 8.13. The van der Waals surface area contributed by atoms with Gasteiger partial charge in [-0.2, -0.15) is 0 Å². The van der Waals surface area contributed by atoms with Crippen LogP contribution in [0.25, 0.3) is 10.9 Å². The summed E-state index contributed by atoms with van der Waals surface area (Å²) >= 11 is 3.45. The van der Waals surface area contributed by atoms with E-state index in [1.807, 2.05) is 18.2 Å². The van der Waals surface area contributed by atoms with Gasteiger partial charge in [-0.25, -0.2) is 4.79 Å². The summed E-state index contributed by atoms with van der Waals surface area (Å²) in [6, 6.07) is 5.65. The molecule has 110 valence electrons. The van der Waals surface area contributed by atoms with Crippen LogP contribution in [0.2, 0.25) is 0 Å². The summed E-state index contributed by atoms with van der Waals surface area (Å²) in [6.07, 6.45) is 2.95. The lowest BCUT2D eigenvalue weighted by Gasteiger charge is -2.29. The molecule has 1 heterocycles. The van der Waals surface area contributed by atoms with Gasteiger partial charge in [0.05, 0.1) is 11.1 Å². The van der Waals surface area contributed by atoms with E-state index in [-0.39, 0.29) is 0 Å². The topological polar surface area (TPSA) is 50.2 Å². The molecule has 0 aliphatic heterocycles. The van der Waals surface area contributed by atoms with Gasteiger partial charge in [-0.1, -0.05) is 35.8 Å². The molecular formula is C17H18BrNO2. The normalized spacial score (nSPS) is 18.0. The largest absolute Gasteiger partial charge is 0.478 e. The average Bonchev–Trinajstić information content (AvgIpc) is 2.43. The highest BCUT2D eigenvalue weighted by Gasteiger charge is 2.29. The Hall–Kier alpha value is -1.42. The van der Waals surface area contributed by atoms with E-state index in [1.54, 1.807) is 0 Å². The lowest BCUT2D eigenvalue weighted by Crippen LogP contribution is -2.20. The molecule has 1 aliphatic carbocycles. The number of hydrogen-bond acceptors (Lipinski definition) is 2. The zero-order valence-electron chi connectivity index (χ0n) is 12.2. The third kappa shape index (κ3) is 2.46. The lowest BCUT2D eigenvalue weighted by atomic mass is 9.78. The summed E-state index contributed by atoms with van der Waals surface area (Å²) in [4.78, 5) is 16.6. The van der Waals surface area contributed by atoms with Crippen LogP contribution in [0.4, 0.5) is 0 Å². The molecule has 1 aromatic carbocycles. The number of halogens is 1. The Morgan fingerprint density at radius 3 is 2.86 bits per heavy atom. The predicted octanol–water partition coefficient (Wildman–Crippen LogP) is 4.77. The first-order chi connectivity index (χ1) is 9.99. The van der Waals surface area contributed by atoms with Gasteiger partial charge in [-0.05, 0) is 42.9 Å². The Labute approximate surface area is 132 Å². The van der Waals surface area contributed by atoms with Crippen LogP contribution in [0.3, 0.4) is 0 Å². The maximum absolute atomic E-state index is 11.8. The van der Waals surface area contributed by atoms with E-state index in [9.17, 15) is 9.90 Å². The number of carboxylic acid groups (broad SMARTS) is 1. The summed E-state index contributed by atoms with van der Waals surface area (Å²) in [5.41, 5.74) is 3.17. The number of aromatic nitrogens is 1. The smallest absolute Gasteiger partial charge is 0.336 e. The highest BCUT2D eigenvalue weighted by molar-refractivity contribution is 9.10. The molecule has 3 rings (SSSR count). The molecule has 0 fully saturated rings. The molecule has 1 atom stereocenters. The van der Waals surface area contributed by atoms with Gasteiger partial charge < -0.3 is 5.11 Å². The fraction of sp³-hybridized carbons (Fsp3) is 0.412. The minimum absolute atomic E-state index is 0.357. The van der Waals surface area contributed by atoms with E-state index < -0.39 is 5.97 Å². The van der Waals surface area contributed by atoms with Crippen molar-refractivity contribution in [2.75, 3.05) is 0 Å². The molecule has 0 saturated heterocycles. The van der Waals surface area contributed by atoms with Crippen LogP contribution in [0, 0.1) is 5.92 Å². The fourth-order valence-electron chi connectivity index (χ4n) is 3.39. The first-order valence-electron chi connectivity index (χ1n) is 7.34. The molecule has 1 aromatic heterocycles. The molecule has 1 aliphatic rings. The van der Waals surface area contributed by atoms with E-state index in [4.69, 9.17) is 4.98 Å². The highest BCUT2D eigenvalue weighted by Crippen LogP contribution is 2.39. The minimum Gasteiger partial charge on any atom is -0.478 e. The molecule has 0 amide bonds. The number of hydrogen-bond donors (Lipinski definition) is 1. The molecule has 1 unspecified atom stereocenters. The molecule has 0 radical (unpaired) electrons. The van der Waals surface area contributed by atoms with Gasteiger partial charge in [0.25, 0.3) is 0 Å². The Morgan fingerprint density at radius 2 is 2.19 bits per heavy atom. The van der Waals surface area contributed by atoms with Crippen molar-refractivity contribution in [2.45, 2.75) is 39.0 Å². The molecule has 0 saturated carbocycles. The second kappa shape index (κ2) is 5.41. The third-order valence-electron chi connectivity index (χ3n) is 4.39. The number of carbonyl (C=O) groups is 1. The van der Waals surface area contributed by atoms with Crippen molar-refractivity contribution in [1.82, 2.24) is 4.98 Å². The maximum Gasteiger partial charge on any atom is 0.336 e. The van der Waals surface area contributed by atoms with Gasteiger partial charge in [0.1, 0.15) is 0 Å². The predicted molar refractivity (Wildman–Crippen MR) is 86.9 cm³/mol. The van der Waals surface area contributed by atoms with Gasteiger partial charge >= 0.3 is 5.97 Å². The molecule has 3 nitrogen and oxygen atoms in total. The van der Waals surface area contributed by atoms with Crippen LogP contribution < -0.4 is 0 Å². The Bertz CT molecular complexity index is 724. The van der Waals surface area contributed by atoms with E-state index in [0.717, 1.165) is 45.9 Å². The Kier molecular flexibility index (Phi) is 3.74. The third-order valence-corrected chi connectivity index (χ3v) is 4.89. The SMILES string of the molecule is CC(C)C1CCCc2c1nc1cc(Br)ccc1c2C(=O)O. The molecule has 21 heavy (non-hydrogen) atoms. The monoisotopic (exact) mass is 347 g/mol. The van der Waals surface area contributed by atoms with Crippen LogP contribution in [0.15, 0.2) is 22.7 Å². The Balaban J connectivity index is 2.36. The number of benzene rings is 1. The number of pyridine rings is 1. The van der Waals surface area contributed by atoms with Gasteiger partial charge in [0.2, 0.25) is 0 Å². The second-order valence-electron chi connectivity index (χ2n) is 6.06. The van der Waals surface area contributed by atoms with E-state index >= 15 is 0 Å². The van der Waals surface area contributed by atoms with Gasteiger partial charge in [0.15, 0.2) is 0 Å². The number of fused-ring (bicyclic) bond motifs is 2.